The van der Waals surface area contributed by atoms with Crippen molar-refractivity contribution in [1.82, 2.24) is 5.32 Å². The molecule has 2 nitrogen and oxygen atoms in total. The number of hydrogen-bond donors (Lipinski definition) is 2. The molecule has 0 radical (unpaired) electrons. The first kappa shape index (κ1) is 14.9. The van der Waals surface area contributed by atoms with Gasteiger partial charge in [-0.25, -0.2) is 0 Å². The quantitative estimate of drug-likeness (QED) is 0.888. The number of nitrogens with two attached hydrogens (primary N) is 1. The first-order valence-corrected chi connectivity index (χ1v) is 6.98. The van der Waals surface area contributed by atoms with Gasteiger partial charge in [-0.05, 0) is 36.1 Å². The van der Waals surface area contributed by atoms with Crippen LogP contribution >= 0.6 is 11.3 Å². The number of hydrogen-bond acceptors (Lipinski definition) is 3. The van der Waals surface area contributed by atoms with Gasteiger partial charge in [-0.15, -0.1) is 11.3 Å². The second-order valence-corrected chi connectivity index (χ2v) is 5.53. The van der Waals surface area contributed by atoms with Crippen LogP contribution in [0.1, 0.15) is 29.0 Å². The maximum atomic E-state index is 12.7. The van der Waals surface area contributed by atoms with E-state index in [1.807, 2.05) is 18.4 Å². The van der Waals surface area contributed by atoms with Crippen molar-refractivity contribution < 1.29 is 13.2 Å². The van der Waals surface area contributed by atoms with Gasteiger partial charge in [0.15, 0.2) is 0 Å². The number of alkyl halides is 3. The lowest BCUT2D eigenvalue weighted by molar-refractivity contribution is -0.137. The molecular formula is C14H15F3N2S. The lowest BCUT2D eigenvalue weighted by Gasteiger charge is -2.16. The number of nitrogens with one attached hydrogen (secondary N) is 1. The molecule has 0 saturated carbocycles. The Kier molecular flexibility index (Phi) is 4.35. The van der Waals surface area contributed by atoms with E-state index in [1.165, 1.54) is 23.5 Å². The summed E-state index contributed by atoms with van der Waals surface area (Å²) in [5, 5.41) is 5.07. The van der Waals surface area contributed by atoms with Crippen molar-refractivity contribution in [3.05, 3.63) is 51.7 Å². The first-order valence-electron chi connectivity index (χ1n) is 6.10. The van der Waals surface area contributed by atoms with Crippen molar-refractivity contribution in [3.63, 3.8) is 0 Å². The van der Waals surface area contributed by atoms with Crippen LogP contribution in [0.15, 0.2) is 35.7 Å². The van der Waals surface area contributed by atoms with Crippen molar-refractivity contribution in [2.75, 3.05) is 5.73 Å². The van der Waals surface area contributed by atoms with Gasteiger partial charge in [0, 0.05) is 23.2 Å². The van der Waals surface area contributed by atoms with E-state index in [0.29, 0.717) is 17.8 Å². The molecule has 1 heterocycles. The topological polar surface area (TPSA) is 38.0 Å². The van der Waals surface area contributed by atoms with Crippen molar-refractivity contribution >= 4 is 17.0 Å². The molecule has 0 bridgehead atoms. The Hall–Kier alpha value is -1.53. The molecule has 0 aliphatic heterocycles. The minimum Gasteiger partial charge on any atom is -0.398 e. The van der Waals surface area contributed by atoms with Gasteiger partial charge in [0.25, 0.3) is 0 Å². The molecule has 0 fully saturated rings. The molecule has 0 aliphatic carbocycles. The maximum Gasteiger partial charge on any atom is 0.416 e. The van der Waals surface area contributed by atoms with E-state index in [0.717, 1.165) is 10.9 Å². The molecule has 0 amide bonds. The van der Waals surface area contributed by atoms with Crippen LogP contribution < -0.4 is 11.1 Å². The van der Waals surface area contributed by atoms with Crippen LogP contribution in [0.25, 0.3) is 0 Å². The van der Waals surface area contributed by atoms with Gasteiger partial charge in [0.2, 0.25) is 0 Å². The predicted molar refractivity (Wildman–Crippen MR) is 75.4 cm³/mol. The molecule has 0 aliphatic rings. The number of benzene rings is 1. The summed E-state index contributed by atoms with van der Waals surface area (Å²) in [5.74, 6) is 0. The van der Waals surface area contributed by atoms with Crippen LogP contribution in [-0.2, 0) is 12.7 Å². The van der Waals surface area contributed by atoms with Crippen LogP contribution in [0.3, 0.4) is 0 Å². The normalized spacial score (nSPS) is 13.4. The highest BCUT2D eigenvalue weighted by Crippen LogP contribution is 2.30. The first-order chi connectivity index (χ1) is 9.38. The van der Waals surface area contributed by atoms with Crippen LogP contribution in [0.5, 0.6) is 0 Å². The number of rotatable bonds is 4. The maximum absolute atomic E-state index is 12.7. The molecular weight excluding hydrogens is 285 g/mol. The Morgan fingerprint density at radius 3 is 2.65 bits per heavy atom. The largest absolute Gasteiger partial charge is 0.416 e. The van der Waals surface area contributed by atoms with Crippen LogP contribution in [-0.4, -0.2) is 0 Å². The van der Waals surface area contributed by atoms with Gasteiger partial charge < -0.3 is 11.1 Å². The summed E-state index contributed by atoms with van der Waals surface area (Å²) in [7, 11) is 0. The van der Waals surface area contributed by atoms with E-state index in [9.17, 15) is 13.2 Å². The van der Waals surface area contributed by atoms with Crippen LogP contribution in [0.4, 0.5) is 18.9 Å². The van der Waals surface area contributed by atoms with Gasteiger partial charge in [0.1, 0.15) is 0 Å². The minimum absolute atomic E-state index is 0.182. The minimum atomic E-state index is -4.31. The fourth-order valence-electron chi connectivity index (χ4n) is 1.84. The zero-order chi connectivity index (χ0) is 14.8. The average molecular weight is 300 g/mol. The summed E-state index contributed by atoms with van der Waals surface area (Å²) in [5.41, 5.74) is 6.46. The lowest BCUT2D eigenvalue weighted by atomic mass is 10.0. The monoisotopic (exact) mass is 300 g/mol. The third-order valence-corrected chi connectivity index (χ3v) is 4.00. The van der Waals surface area contributed by atoms with Gasteiger partial charge in [-0.1, -0.05) is 12.1 Å². The fraction of sp³-hybridized carbons (Fsp3) is 0.286. The van der Waals surface area contributed by atoms with Gasteiger partial charge in [0.05, 0.1) is 5.56 Å². The SMILES string of the molecule is CC(NCc1sccc1N)c1cccc(C(F)(F)F)c1. The molecule has 2 aromatic rings. The molecule has 6 heteroatoms. The predicted octanol–water partition coefficient (Wildman–Crippen LogP) is 4.20. The molecule has 108 valence electrons. The molecule has 20 heavy (non-hydrogen) atoms. The van der Waals surface area contributed by atoms with Crippen molar-refractivity contribution in [2.24, 2.45) is 0 Å². The summed E-state index contributed by atoms with van der Waals surface area (Å²) < 4.78 is 38.0. The molecule has 0 saturated heterocycles. The number of nitrogen functional groups attached to an aromatic ring is 1. The second-order valence-electron chi connectivity index (χ2n) is 4.52. The smallest absolute Gasteiger partial charge is 0.398 e. The van der Waals surface area contributed by atoms with E-state index in [-0.39, 0.29) is 6.04 Å². The average Bonchev–Trinajstić information content (AvgIpc) is 2.81. The summed E-state index contributed by atoms with van der Waals surface area (Å²) in [6, 6.07) is 7.00. The van der Waals surface area contributed by atoms with E-state index >= 15 is 0 Å². The number of anilines is 1. The molecule has 1 aromatic heterocycles. The van der Waals surface area contributed by atoms with Gasteiger partial charge >= 0.3 is 6.18 Å². The summed E-state index contributed by atoms with van der Waals surface area (Å²) in [6.07, 6.45) is -4.31. The van der Waals surface area contributed by atoms with E-state index in [4.69, 9.17) is 5.73 Å². The standard InChI is InChI=1S/C14H15F3N2S/c1-9(19-8-13-12(18)5-6-20-13)10-3-2-4-11(7-10)14(15,16)17/h2-7,9,19H,8,18H2,1H3. The van der Waals surface area contributed by atoms with Crippen molar-refractivity contribution in [3.8, 4) is 0 Å². The van der Waals surface area contributed by atoms with E-state index < -0.39 is 11.7 Å². The fourth-order valence-corrected chi connectivity index (χ4v) is 2.59. The highest BCUT2D eigenvalue weighted by atomic mass is 32.1. The van der Waals surface area contributed by atoms with Crippen LogP contribution in [0.2, 0.25) is 0 Å². The Labute approximate surface area is 119 Å². The number of halogens is 3. The molecule has 3 N–H and O–H groups in total. The van der Waals surface area contributed by atoms with Crippen molar-refractivity contribution in [2.45, 2.75) is 25.7 Å². The highest BCUT2D eigenvalue weighted by Gasteiger charge is 2.30. The molecule has 1 aromatic carbocycles. The Morgan fingerprint density at radius 2 is 2.05 bits per heavy atom. The molecule has 0 spiro atoms. The molecule has 1 atom stereocenters. The van der Waals surface area contributed by atoms with Crippen molar-refractivity contribution in [1.29, 1.82) is 0 Å². The van der Waals surface area contributed by atoms with E-state index in [1.54, 1.807) is 6.07 Å². The third kappa shape index (κ3) is 3.52. The molecule has 2 rings (SSSR count). The van der Waals surface area contributed by atoms with Gasteiger partial charge in [-0.2, -0.15) is 13.2 Å². The summed E-state index contributed by atoms with van der Waals surface area (Å²) in [4.78, 5) is 0.990. The van der Waals surface area contributed by atoms with Crippen LogP contribution in [0, 0.1) is 0 Å². The summed E-state index contributed by atoms with van der Waals surface area (Å²) in [6.45, 7) is 2.38. The van der Waals surface area contributed by atoms with E-state index in [2.05, 4.69) is 5.32 Å². The second kappa shape index (κ2) is 5.85. The summed E-state index contributed by atoms with van der Waals surface area (Å²) >= 11 is 1.53. The lowest BCUT2D eigenvalue weighted by Crippen LogP contribution is -2.18. The number of thiophene rings is 1. The third-order valence-electron chi connectivity index (χ3n) is 3.06. The zero-order valence-corrected chi connectivity index (χ0v) is 11.7. The zero-order valence-electron chi connectivity index (χ0n) is 10.9. The Balaban J connectivity index is 2.06. The van der Waals surface area contributed by atoms with Gasteiger partial charge in [-0.3, -0.25) is 0 Å². The molecule has 1 unspecified atom stereocenters. The highest BCUT2D eigenvalue weighted by molar-refractivity contribution is 7.10. The Bertz CT molecular complexity index is 578. The Morgan fingerprint density at radius 1 is 1.30 bits per heavy atom.